The van der Waals surface area contributed by atoms with Crippen LogP contribution in [0, 0.1) is 0 Å². The highest BCUT2D eigenvalue weighted by atomic mass is 79.9. The zero-order valence-electron chi connectivity index (χ0n) is 7.46. The minimum atomic E-state index is 0. The third-order valence-electron chi connectivity index (χ3n) is 2.47. The summed E-state index contributed by atoms with van der Waals surface area (Å²) in [6.07, 6.45) is 1.28. The smallest absolute Gasteiger partial charge is 0.0210 e. The van der Waals surface area contributed by atoms with E-state index in [0.717, 1.165) is 5.92 Å². The predicted octanol–water partition coefficient (Wildman–Crippen LogP) is 2.95. The van der Waals surface area contributed by atoms with Crippen LogP contribution in [-0.4, -0.2) is 13.1 Å². The van der Waals surface area contributed by atoms with Crippen LogP contribution in [0.5, 0.6) is 0 Å². The highest BCUT2D eigenvalue weighted by molar-refractivity contribution is 9.10. The van der Waals surface area contributed by atoms with Gasteiger partial charge in [-0.2, -0.15) is 0 Å². The Hall–Kier alpha value is -0.0500. The van der Waals surface area contributed by atoms with Crippen LogP contribution in [-0.2, 0) is 0 Å². The lowest BCUT2D eigenvalue weighted by atomic mass is 10.1. The molecule has 0 aromatic heterocycles. The van der Waals surface area contributed by atoms with Crippen LogP contribution in [0.3, 0.4) is 0 Å². The van der Waals surface area contributed by atoms with Crippen molar-refractivity contribution in [2.24, 2.45) is 0 Å². The van der Waals surface area contributed by atoms with Gasteiger partial charge in [0.05, 0.1) is 0 Å². The molecule has 0 amide bonds. The number of hydrogen-bond acceptors (Lipinski definition) is 1. The number of nitrogens with one attached hydrogen (secondary N) is 1. The molecule has 1 aliphatic carbocycles. The zero-order chi connectivity index (χ0) is 8.55. The van der Waals surface area contributed by atoms with Crippen molar-refractivity contribution in [3.8, 4) is 0 Å². The van der Waals surface area contributed by atoms with Gasteiger partial charge in [-0.25, -0.2) is 0 Å². The molecule has 1 saturated carbocycles. The molecule has 2 atom stereocenters. The minimum absolute atomic E-state index is 0. The summed E-state index contributed by atoms with van der Waals surface area (Å²) in [6, 6.07) is 9.17. The SMILES string of the molecule is CNC1CC1c1ccccc1Br.Cl. The van der Waals surface area contributed by atoms with E-state index in [2.05, 4.69) is 45.5 Å². The van der Waals surface area contributed by atoms with Crippen molar-refractivity contribution in [3.63, 3.8) is 0 Å². The standard InChI is InChI=1S/C10H12BrN.ClH/c1-12-10-6-8(10)7-4-2-3-5-9(7)11;/h2-5,8,10,12H,6H2,1H3;1H. The molecular weight excluding hydrogens is 249 g/mol. The molecule has 0 heterocycles. The van der Waals surface area contributed by atoms with Crippen LogP contribution < -0.4 is 5.32 Å². The van der Waals surface area contributed by atoms with Gasteiger partial charge in [0.2, 0.25) is 0 Å². The molecule has 0 spiro atoms. The molecule has 0 bridgehead atoms. The van der Waals surface area contributed by atoms with Crippen LogP contribution >= 0.6 is 28.3 Å². The number of likely N-dealkylation sites (N-methyl/N-ethyl adjacent to an activating group) is 1. The van der Waals surface area contributed by atoms with Gasteiger partial charge < -0.3 is 5.32 Å². The van der Waals surface area contributed by atoms with E-state index in [-0.39, 0.29) is 12.4 Å². The van der Waals surface area contributed by atoms with Crippen molar-refractivity contribution in [1.29, 1.82) is 0 Å². The Bertz CT molecular complexity index is 290. The Morgan fingerprint density at radius 2 is 2.08 bits per heavy atom. The predicted molar refractivity (Wildman–Crippen MR) is 61.6 cm³/mol. The quantitative estimate of drug-likeness (QED) is 0.864. The van der Waals surface area contributed by atoms with E-state index >= 15 is 0 Å². The second-order valence-electron chi connectivity index (χ2n) is 3.26. The first-order valence-electron chi connectivity index (χ1n) is 4.24. The summed E-state index contributed by atoms with van der Waals surface area (Å²) >= 11 is 3.57. The van der Waals surface area contributed by atoms with Crippen molar-refractivity contribution >= 4 is 28.3 Å². The maximum atomic E-state index is 3.57. The van der Waals surface area contributed by atoms with E-state index in [4.69, 9.17) is 0 Å². The fourth-order valence-corrected chi connectivity index (χ4v) is 2.21. The van der Waals surface area contributed by atoms with Crippen LogP contribution in [0.1, 0.15) is 17.9 Å². The second-order valence-corrected chi connectivity index (χ2v) is 4.11. The summed E-state index contributed by atoms with van der Waals surface area (Å²) < 4.78 is 1.24. The molecule has 13 heavy (non-hydrogen) atoms. The topological polar surface area (TPSA) is 12.0 Å². The summed E-state index contributed by atoms with van der Waals surface area (Å²) in [6.45, 7) is 0. The molecule has 1 aromatic carbocycles. The van der Waals surface area contributed by atoms with E-state index in [1.54, 1.807) is 0 Å². The zero-order valence-corrected chi connectivity index (χ0v) is 9.86. The molecule has 0 aliphatic heterocycles. The van der Waals surface area contributed by atoms with Crippen LogP contribution in [0.4, 0.5) is 0 Å². The summed E-state index contributed by atoms with van der Waals surface area (Å²) in [7, 11) is 2.03. The van der Waals surface area contributed by atoms with Crippen LogP contribution in [0.15, 0.2) is 28.7 Å². The molecular formula is C10H13BrClN. The van der Waals surface area contributed by atoms with Gasteiger partial charge in [-0.1, -0.05) is 34.1 Å². The van der Waals surface area contributed by atoms with E-state index in [1.807, 2.05) is 7.05 Å². The fraction of sp³-hybridized carbons (Fsp3) is 0.400. The van der Waals surface area contributed by atoms with Crippen molar-refractivity contribution < 1.29 is 0 Å². The highest BCUT2D eigenvalue weighted by Crippen LogP contribution is 2.43. The second kappa shape index (κ2) is 4.45. The van der Waals surface area contributed by atoms with Crippen molar-refractivity contribution in [1.82, 2.24) is 5.32 Å². The van der Waals surface area contributed by atoms with Crippen molar-refractivity contribution in [2.75, 3.05) is 7.05 Å². The van der Waals surface area contributed by atoms with Crippen molar-refractivity contribution in [2.45, 2.75) is 18.4 Å². The number of hydrogen-bond donors (Lipinski definition) is 1. The normalized spacial score (nSPS) is 25.1. The van der Waals surface area contributed by atoms with E-state index in [0.29, 0.717) is 6.04 Å². The molecule has 72 valence electrons. The first kappa shape index (κ1) is 11.0. The molecule has 1 N–H and O–H groups in total. The average Bonchev–Trinajstić information content (AvgIpc) is 2.84. The maximum absolute atomic E-state index is 3.57. The maximum Gasteiger partial charge on any atom is 0.0210 e. The summed E-state index contributed by atoms with van der Waals surface area (Å²) in [5.41, 5.74) is 1.44. The average molecular weight is 263 g/mol. The highest BCUT2D eigenvalue weighted by Gasteiger charge is 2.37. The minimum Gasteiger partial charge on any atom is -0.316 e. The van der Waals surface area contributed by atoms with Gasteiger partial charge in [-0.15, -0.1) is 12.4 Å². The molecule has 2 unspecified atom stereocenters. The molecule has 1 fully saturated rings. The summed E-state index contributed by atoms with van der Waals surface area (Å²) in [4.78, 5) is 0. The van der Waals surface area contributed by atoms with Gasteiger partial charge in [0.15, 0.2) is 0 Å². The molecule has 1 nitrogen and oxygen atoms in total. The van der Waals surface area contributed by atoms with Gasteiger partial charge in [-0.3, -0.25) is 0 Å². The van der Waals surface area contributed by atoms with Crippen LogP contribution in [0.25, 0.3) is 0 Å². The third kappa shape index (κ3) is 2.25. The van der Waals surface area contributed by atoms with Gasteiger partial charge in [0.25, 0.3) is 0 Å². The van der Waals surface area contributed by atoms with Gasteiger partial charge in [0.1, 0.15) is 0 Å². The van der Waals surface area contributed by atoms with E-state index in [9.17, 15) is 0 Å². The molecule has 1 aromatic rings. The lowest BCUT2D eigenvalue weighted by molar-refractivity contribution is 0.782. The molecule has 2 rings (SSSR count). The largest absolute Gasteiger partial charge is 0.316 e. The molecule has 0 radical (unpaired) electrons. The first-order valence-corrected chi connectivity index (χ1v) is 5.04. The Balaban J connectivity index is 0.000000845. The lowest BCUT2D eigenvalue weighted by Gasteiger charge is -2.01. The van der Waals surface area contributed by atoms with Crippen LogP contribution in [0.2, 0.25) is 0 Å². The molecule has 1 aliphatic rings. The van der Waals surface area contributed by atoms with Gasteiger partial charge in [-0.05, 0) is 25.1 Å². The van der Waals surface area contributed by atoms with E-state index < -0.39 is 0 Å². The Morgan fingerprint density at radius 1 is 1.38 bits per heavy atom. The lowest BCUT2D eigenvalue weighted by Crippen LogP contribution is -2.10. The third-order valence-corrected chi connectivity index (χ3v) is 3.19. The molecule has 0 saturated heterocycles. The monoisotopic (exact) mass is 261 g/mol. The number of halogens is 2. The van der Waals surface area contributed by atoms with Crippen molar-refractivity contribution in [3.05, 3.63) is 34.3 Å². The Labute approximate surface area is 93.5 Å². The van der Waals surface area contributed by atoms with Gasteiger partial charge >= 0.3 is 0 Å². The van der Waals surface area contributed by atoms with Gasteiger partial charge in [0, 0.05) is 16.4 Å². The Kier molecular flexibility index (Phi) is 3.77. The number of rotatable bonds is 2. The summed E-state index contributed by atoms with van der Waals surface area (Å²) in [5.74, 6) is 0.727. The van der Waals surface area contributed by atoms with E-state index in [1.165, 1.54) is 16.5 Å². The molecule has 3 heteroatoms. The fourth-order valence-electron chi connectivity index (χ4n) is 1.63. The number of benzene rings is 1. The summed E-state index contributed by atoms with van der Waals surface area (Å²) in [5, 5.41) is 3.29. The first-order chi connectivity index (χ1) is 5.83. The Morgan fingerprint density at radius 3 is 2.62 bits per heavy atom.